The van der Waals surface area contributed by atoms with Gasteiger partial charge in [0.2, 0.25) is 5.91 Å². The first kappa shape index (κ1) is 32.7. The Morgan fingerprint density at radius 2 is 2.08 bits per heavy atom. The number of nitrogens with two attached hydrogens (primary N) is 1. The Morgan fingerprint density at radius 3 is 2.82 bits per heavy atom. The fraction of sp³-hybridized carbons (Fsp3) is 0.417. The van der Waals surface area contributed by atoms with Crippen LogP contribution in [0.15, 0.2) is 36.9 Å². The molecule has 2 N–H and O–H groups in total. The molecule has 10 nitrogen and oxygen atoms in total. The Kier molecular flexibility index (Phi) is 8.37. The van der Waals surface area contributed by atoms with Gasteiger partial charge in [-0.05, 0) is 69.5 Å². The lowest BCUT2D eigenvalue weighted by Crippen LogP contribution is -2.45. The van der Waals surface area contributed by atoms with E-state index in [9.17, 15) is 24.1 Å². The number of benzene rings is 2. The lowest BCUT2D eigenvalue weighted by atomic mass is 9.94. The first-order valence-corrected chi connectivity index (χ1v) is 17.3. The van der Waals surface area contributed by atoms with E-state index in [1.165, 1.54) is 12.1 Å². The van der Waals surface area contributed by atoms with Gasteiger partial charge in [-0.1, -0.05) is 12.6 Å². The molecule has 7 rings (SSSR count). The third kappa shape index (κ3) is 5.32. The Labute approximate surface area is 287 Å². The molecule has 5 heterocycles. The van der Waals surface area contributed by atoms with Crippen molar-refractivity contribution in [3.8, 4) is 29.3 Å². The van der Waals surface area contributed by atoms with Crippen LogP contribution in [0.1, 0.15) is 50.7 Å². The zero-order valence-corrected chi connectivity index (χ0v) is 28.2. The summed E-state index contributed by atoms with van der Waals surface area (Å²) in [6.07, 6.45) is 3.28. The summed E-state index contributed by atoms with van der Waals surface area (Å²) in [6.45, 7) is 10.2. The van der Waals surface area contributed by atoms with Crippen molar-refractivity contribution in [2.45, 2.75) is 63.3 Å². The van der Waals surface area contributed by atoms with Gasteiger partial charge < -0.3 is 20.3 Å². The third-order valence-corrected chi connectivity index (χ3v) is 11.6. The number of likely N-dealkylation sites (N-methyl/N-ethyl adjacent to an activating group) is 1. The van der Waals surface area contributed by atoms with Crippen molar-refractivity contribution >= 4 is 49.1 Å². The van der Waals surface area contributed by atoms with Gasteiger partial charge >= 0.3 is 6.01 Å². The molecular formula is C36H36F2N8O2S. The number of fused-ring (bicyclic) bond motifs is 3. The van der Waals surface area contributed by atoms with Crippen molar-refractivity contribution < 1.29 is 18.3 Å². The van der Waals surface area contributed by atoms with E-state index in [2.05, 4.69) is 28.5 Å². The van der Waals surface area contributed by atoms with Crippen LogP contribution in [0.3, 0.4) is 0 Å². The molecule has 0 spiro atoms. The van der Waals surface area contributed by atoms with Crippen molar-refractivity contribution in [1.29, 1.82) is 10.5 Å². The highest BCUT2D eigenvalue weighted by Crippen LogP contribution is 2.44. The van der Waals surface area contributed by atoms with E-state index < -0.39 is 17.5 Å². The van der Waals surface area contributed by atoms with Gasteiger partial charge in [-0.3, -0.25) is 9.69 Å². The maximum absolute atomic E-state index is 15.0. The first-order valence-electron chi connectivity index (χ1n) is 16.5. The standard InChI is InChI=1S/C36H36F2N8O2S/c1-4-30(47)46-12-9-29(20(46)3)45(5-2)34-25-13-21(16-39)24(23-7-8-27(38)32-31(23)26(17-40)33(41)49-32)14-28(25)42-35(43-34)48-19-36-10-6-11-44(36)18-22(37)15-36/h4,7-8,13-14,20,22,29H,1,5-6,9-12,15,18-19,41H2,2-3H3. The summed E-state index contributed by atoms with van der Waals surface area (Å²) >= 11 is 0.992. The molecule has 13 heteroatoms. The summed E-state index contributed by atoms with van der Waals surface area (Å²) in [5.74, 6) is -0.0984. The molecule has 3 aliphatic heterocycles. The number of nitrogens with zero attached hydrogens (tertiary/aromatic N) is 7. The van der Waals surface area contributed by atoms with E-state index in [4.69, 9.17) is 20.4 Å². The molecule has 0 radical (unpaired) electrons. The Morgan fingerprint density at radius 1 is 1.27 bits per heavy atom. The molecule has 0 bridgehead atoms. The second-order valence-corrected chi connectivity index (χ2v) is 14.1. The highest BCUT2D eigenvalue weighted by Gasteiger charge is 2.49. The second kappa shape index (κ2) is 12.6. The lowest BCUT2D eigenvalue weighted by molar-refractivity contribution is -0.126. The largest absolute Gasteiger partial charge is 0.461 e. The number of alkyl halides is 1. The Bertz CT molecular complexity index is 2090. The van der Waals surface area contributed by atoms with Gasteiger partial charge in [0.25, 0.3) is 0 Å². The van der Waals surface area contributed by atoms with Gasteiger partial charge in [0.1, 0.15) is 35.5 Å². The van der Waals surface area contributed by atoms with Gasteiger partial charge in [-0.15, -0.1) is 11.3 Å². The van der Waals surface area contributed by atoms with Crippen molar-refractivity contribution in [1.82, 2.24) is 19.8 Å². The number of hydrogen-bond donors (Lipinski definition) is 1. The number of halogens is 2. The Balaban J connectivity index is 1.39. The molecule has 3 saturated heterocycles. The van der Waals surface area contributed by atoms with Crippen molar-refractivity contribution in [3.63, 3.8) is 0 Å². The SMILES string of the molecule is C=CC(=O)N1CCC(N(CC)c2nc(OCC34CCCN3CC(F)C4)nc3cc(-c4ccc(F)c5sc(N)c(C#N)c45)c(C#N)cc23)C1C. The molecule has 0 aliphatic carbocycles. The van der Waals surface area contributed by atoms with Crippen LogP contribution < -0.4 is 15.4 Å². The monoisotopic (exact) mass is 682 g/mol. The van der Waals surface area contributed by atoms with Crippen LogP contribution in [0.2, 0.25) is 0 Å². The number of ether oxygens (including phenoxy) is 1. The molecule has 2 aromatic carbocycles. The number of carbonyl (C=O) groups excluding carboxylic acids is 1. The smallest absolute Gasteiger partial charge is 0.319 e. The molecule has 252 valence electrons. The number of aromatic nitrogens is 2. The van der Waals surface area contributed by atoms with E-state index in [-0.39, 0.29) is 51.4 Å². The summed E-state index contributed by atoms with van der Waals surface area (Å²) in [4.78, 5) is 28.5. The number of hydrogen-bond acceptors (Lipinski definition) is 10. The minimum Gasteiger partial charge on any atom is -0.461 e. The molecule has 49 heavy (non-hydrogen) atoms. The van der Waals surface area contributed by atoms with Crippen LogP contribution in [0.25, 0.3) is 32.1 Å². The third-order valence-electron chi connectivity index (χ3n) is 10.6. The van der Waals surface area contributed by atoms with Crippen molar-refractivity contribution in [2.24, 2.45) is 0 Å². The number of likely N-dealkylation sites (tertiary alicyclic amines) is 1. The molecule has 4 unspecified atom stereocenters. The highest BCUT2D eigenvalue weighted by molar-refractivity contribution is 7.23. The van der Waals surface area contributed by atoms with Crippen LogP contribution in [0, 0.1) is 28.5 Å². The summed E-state index contributed by atoms with van der Waals surface area (Å²) in [5, 5.41) is 21.5. The zero-order chi connectivity index (χ0) is 34.6. The molecule has 2 aromatic heterocycles. The number of amides is 1. The summed E-state index contributed by atoms with van der Waals surface area (Å²) in [7, 11) is 0. The van der Waals surface area contributed by atoms with E-state index >= 15 is 0 Å². The lowest BCUT2D eigenvalue weighted by Gasteiger charge is -2.34. The number of nitrogen functional groups attached to an aromatic ring is 1. The normalized spacial score (nSPS) is 23.5. The van der Waals surface area contributed by atoms with Crippen LogP contribution in [0.5, 0.6) is 6.01 Å². The number of thiophene rings is 1. The van der Waals surface area contributed by atoms with Gasteiger partial charge in [0.05, 0.1) is 39.0 Å². The fourth-order valence-electron chi connectivity index (χ4n) is 8.22. The molecule has 3 aliphatic rings. The molecule has 3 fully saturated rings. The topological polar surface area (TPSA) is 135 Å². The van der Waals surface area contributed by atoms with Crippen LogP contribution >= 0.6 is 11.3 Å². The molecule has 4 atom stereocenters. The number of anilines is 2. The number of carbonyl (C=O) groups is 1. The predicted molar refractivity (Wildman–Crippen MR) is 186 cm³/mol. The van der Waals surface area contributed by atoms with E-state index in [0.717, 1.165) is 30.7 Å². The minimum absolute atomic E-state index is 0.0974. The van der Waals surface area contributed by atoms with Crippen molar-refractivity contribution in [3.05, 3.63) is 53.9 Å². The van der Waals surface area contributed by atoms with E-state index in [1.54, 1.807) is 23.1 Å². The van der Waals surface area contributed by atoms with Crippen molar-refractivity contribution in [2.75, 3.05) is 43.4 Å². The molecular weight excluding hydrogens is 647 g/mol. The van der Waals surface area contributed by atoms with Gasteiger partial charge in [0, 0.05) is 48.4 Å². The molecule has 4 aromatic rings. The predicted octanol–water partition coefficient (Wildman–Crippen LogP) is 5.93. The zero-order valence-electron chi connectivity index (χ0n) is 27.4. The second-order valence-electron chi connectivity index (χ2n) is 13.1. The first-order chi connectivity index (χ1) is 23.6. The average molecular weight is 683 g/mol. The fourth-order valence-corrected chi connectivity index (χ4v) is 9.17. The summed E-state index contributed by atoms with van der Waals surface area (Å²) in [5.41, 5.74) is 7.57. The van der Waals surface area contributed by atoms with Crippen LogP contribution in [-0.2, 0) is 4.79 Å². The van der Waals surface area contributed by atoms with E-state index in [0.29, 0.717) is 65.7 Å². The molecule has 0 saturated carbocycles. The minimum atomic E-state index is -0.915. The number of nitriles is 2. The van der Waals surface area contributed by atoms with E-state index in [1.807, 2.05) is 13.8 Å². The maximum atomic E-state index is 15.0. The maximum Gasteiger partial charge on any atom is 0.319 e. The van der Waals surface area contributed by atoms with Crippen LogP contribution in [0.4, 0.5) is 19.6 Å². The average Bonchev–Trinajstić information content (AvgIpc) is 3.84. The Hall–Kier alpha value is -4.85. The summed E-state index contributed by atoms with van der Waals surface area (Å²) < 4.78 is 36.2. The molecule has 1 amide bonds. The van der Waals surface area contributed by atoms with Gasteiger partial charge in [-0.25, -0.2) is 8.78 Å². The van der Waals surface area contributed by atoms with Gasteiger partial charge in [-0.2, -0.15) is 20.5 Å². The number of rotatable bonds is 8. The highest BCUT2D eigenvalue weighted by atomic mass is 32.1. The quantitative estimate of drug-likeness (QED) is 0.224. The van der Waals surface area contributed by atoms with Crippen LogP contribution in [-0.4, -0.2) is 82.3 Å². The van der Waals surface area contributed by atoms with Gasteiger partial charge in [0.15, 0.2) is 0 Å². The summed E-state index contributed by atoms with van der Waals surface area (Å²) in [6, 6.07) is 10.6.